The van der Waals surface area contributed by atoms with Gasteiger partial charge in [0.25, 0.3) is 0 Å². The van der Waals surface area contributed by atoms with Gasteiger partial charge in [0.1, 0.15) is 17.1 Å². The predicted molar refractivity (Wildman–Crippen MR) is 79.5 cm³/mol. The summed E-state index contributed by atoms with van der Waals surface area (Å²) in [5.74, 6) is 0.633. The molecular formula is C15H13NO3S. The summed E-state index contributed by atoms with van der Waals surface area (Å²) in [5, 5.41) is 12.9. The van der Waals surface area contributed by atoms with E-state index < -0.39 is 0 Å². The summed E-state index contributed by atoms with van der Waals surface area (Å²) >= 11 is 1.50. The first-order chi connectivity index (χ1) is 9.47. The summed E-state index contributed by atoms with van der Waals surface area (Å²) in [7, 11) is 0. The van der Waals surface area contributed by atoms with Crippen molar-refractivity contribution in [2.45, 2.75) is 20.8 Å². The Balaban J connectivity index is 2.40. The predicted octanol–water partition coefficient (Wildman–Crippen LogP) is 3.55. The molecule has 102 valence electrons. The van der Waals surface area contributed by atoms with Gasteiger partial charge in [0.2, 0.25) is 5.43 Å². The monoisotopic (exact) mass is 287 g/mol. The van der Waals surface area contributed by atoms with E-state index in [1.807, 2.05) is 12.3 Å². The van der Waals surface area contributed by atoms with Gasteiger partial charge in [0.15, 0.2) is 0 Å². The van der Waals surface area contributed by atoms with Gasteiger partial charge >= 0.3 is 0 Å². The van der Waals surface area contributed by atoms with Gasteiger partial charge in [-0.3, -0.25) is 4.79 Å². The minimum absolute atomic E-state index is 0.114. The molecule has 0 saturated heterocycles. The third kappa shape index (κ3) is 1.91. The molecule has 0 spiro atoms. The molecule has 0 saturated carbocycles. The summed E-state index contributed by atoms with van der Waals surface area (Å²) in [6.07, 6.45) is 0. The topological polar surface area (TPSA) is 63.3 Å². The normalized spacial score (nSPS) is 11.2. The minimum atomic E-state index is -0.114. The molecule has 3 aromatic rings. The zero-order chi connectivity index (χ0) is 14.4. The summed E-state index contributed by atoms with van der Waals surface area (Å²) in [6, 6.07) is 3.13. The number of thiazole rings is 1. The molecule has 0 amide bonds. The molecule has 0 unspecified atom stereocenters. The highest BCUT2D eigenvalue weighted by Crippen LogP contribution is 2.28. The van der Waals surface area contributed by atoms with Crippen LogP contribution in [0.25, 0.3) is 22.2 Å². The first kappa shape index (κ1) is 12.9. The van der Waals surface area contributed by atoms with E-state index in [0.717, 1.165) is 5.01 Å². The van der Waals surface area contributed by atoms with Crippen molar-refractivity contribution in [1.29, 1.82) is 0 Å². The smallest absolute Gasteiger partial charge is 0.202 e. The summed E-state index contributed by atoms with van der Waals surface area (Å²) in [4.78, 5) is 17.0. The molecule has 5 heteroatoms. The number of phenols is 1. The molecule has 0 atom stereocenters. The fourth-order valence-corrected chi connectivity index (χ4v) is 2.83. The Morgan fingerprint density at radius 1 is 1.25 bits per heavy atom. The van der Waals surface area contributed by atoms with Crippen LogP contribution < -0.4 is 5.43 Å². The van der Waals surface area contributed by atoms with Gasteiger partial charge in [-0.05, 0) is 32.4 Å². The summed E-state index contributed by atoms with van der Waals surface area (Å²) < 4.78 is 5.68. The molecule has 0 radical (unpaired) electrons. The molecular weight excluding hydrogens is 274 g/mol. The zero-order valence-electron chi connectivity index (χ0n) is 11.4. The molecule has 0 bridgehead atoms. The molecule has 0 aliphatic heterocycles. The first-order valence-corrected chi connectivity index (χ1v) is 7.05. The van der Waals surface area contributed by atoms with Gasteiger partial charge in [0.05, 0.1) is 21.7 Å². The Labute approximate surface area is 119 Å². The second kappa shape index (κ2) is 4.45. The van der Waals surface area contributed by atoms with Crippen LogP contribution in [0.4, 0.5) is 0 Å². The number of fused-ring (bicyclic) bond motifs is 1. The van der Waals surface area contributed by atoms with E-state index in [4.69, 9.17) is 4.42 Å². The highest BCUT2D eigenvalue weighted by atomic mass is 32.1. The fourth-order valence-electron chi connectivity index (χ4n) is 2.22. The van der Waals surface area contributed by atoms with Crippen molar-refractivity contribution in [3.05, 3.63) is 44.1 Å². The third-order valence-corrected chi connectivity index (χ3v) is 4.03. The second-order valence-corrected chi connectivity index (χ2v) is 5.81. The SMILES string of the molecule is Cc1nc(-c2c(C)oc3cc(O)c(C)cc3c2=O)cs1. The van der Waals surface area contributed by atoms with Crippen LogP contribution in [-0.2, 0) is 0 Å². The fraction of sp³-hybridized carbons (Fsp3) is 0.200. The molecule has 1 N–H and O–H groups in total. The molecule has 0 aliphatic rings. The second-order valence-electron chi connectivity index (χ2n) is 4.75. The van der Waals surface area contributed by atoms with Crippen LogP contribution in [0.15, 0.2) is 26.7 Å². The minimum Gasteiger partial charge on any atom is -0.508 e. The number of nitrogens with zero attached hydrogens (tertiary/aromatic N) is 1. The molecule has 0 aliphatic carbocycles. The molecule has 3 rings (SSSR count). The highest BCUT2D eigenvalue weighted by Gasteiger charge is 2.16. The van der Waals surface area contributed by atoms with Crippen molar-refractivity contribution in [2.75, 3.05) is 0 Å². The number of phenolic OH excluding ortho intramolecular Hbond substituents is 1. The first-order valence-electron chi connectivity index (χ1n) is 6.17. The van der Waals surface area contributed by atoms with E-state index in [-0.39, 0.29) is 11.2 Å². The number of rotatable bonds is 1. The van der Waals surface area contributed by atoms with Crippen molar-refractivity contribution in [3.8, 4) is 17.0 Å². The lowest BCUT2D eigenvalue weighted by Gasteiger charge is -2.06. The van der Waals surface area contributed by atoms with Crippen LogP contribution in [0, 0.1) is 20.8 Å². The van der Waals surface area contributed by atoms with Crippen molar-refractivity contribution in [1.82, 2.24) is 4.98 Å². The lowest BCUT2D eigenvalue weighted by Crippen LogP contribution is -2.08. The average molecular weight is 287 g/mol. The van der Waals surface area contributed by atoms with Crippen molar-refractivity contribution >= 4 is 22.3 Å². The van der Waals surface area contributed by atoms with Crippen LogP contribution in [0.1, 0.15) is 16.3 Å². The van der Waals surface area contributed by atoms with Crippen molar-refractivity contribution in [3.63, 3.8) is 0 Å². The van der Waals surface area contributed by atoms with Crippen LogP contribution in [0.3, 0.4) is 0 Å². The van der Waals surface area contributed by atoms with Crippen LogP contribution in [0.5, 0.6) is 5.75 Å². The number of aromatic hydroxyl groups is 1. The highest BCUT2D eigenvalue weighted by molar-refractivity contribution is 7.09. The zero-order valence-corrected chi connectivity index (χ0v) is 12.2. The van der Waals surface area contributed by atoms with Gasteiger partial charge in [-0.2, -0.15) is 0 Å². The lowest BCUT2D eigenvalue weighted by molar-refractivity contribution is 0.469. The molecule has 4 nitrogen and oxygen atoms in total. The molecule has 2 aromatic heterocycles. The number of hydrogen-bond donors (Lipinski definition) is 1. The number of hydrogen-bond acceptors (Lipinski definition) is 5. The van der Waals surface area contributed by atoms with Crippen molar-refractivity contribution < 1.29 is 9.52 Å². The van der Waals surface area contributed by atoms with E-state index in [2.05, 4.69) is 4.98 Å². The van der Waals surface area contributed by atoms with E-state index in [1.54, 1.807) is 19.9 Å². The molecule has 1 aromatic carbocycles. The van der Waals surface area contributed by atoms with Gasteiger partial charge in [-0.1, -0.05) is 0 Å². The Hall–Kier alpha value is -2.14. The third-order valence-electron chi connectivity index (χ3n) is 3.26. The van der Waals surface area contributed by atoms with Gasteiger partial charge in [-0.25, -0.2) is 4.98 Å². The largest absolute Gasteiger partial charge is 0.508 e. The molecule has 2 heterocycles. The van der Waals surface area contributed by atoms with E-state index in [1.165, 1.54) is 17.4 Å². The Kier molecular flexibility index (Phi) is 2.87. The Morgan fingerprint density at radius 2 is 2.00 bits per heavy atom. The van der Waals surface area contributed by atoms with E-state index in [9.17, 15) is 9.90 Å². The summed E-state index contributed by atoms with van der Waals surface area (Å²) in [6.45, 7) is 5.39. The number of aryl methyl sites for hydroxylation is 3. The standard InChI is InChI=1S/C15H13NO3S/c1-7-4-10-13(5-12(7)17)19-8(2)14(15(10)18)11-6-20-9(3)16-11/h4-6,17H,1-3H3. The van der Waals surface area contributed by atoms with Gasteiger partial charge < -0.3 is 9.52 Å². The molecule has 20 heavy (non-hydrogen) atoms. The van der Waals surface area contributed by atoms with Crippen LogP contribution in [-0.4, -0.2) is 10.1 Å². The maximum absolute atomic E-state index is 12.6. The maximum Gasteiger partial charge on any atom is 0.202 e. The van der Waals surface area contributed by atoms with Gasteiger partial charge in [0, 0.05) is 11.4 Å². The van der Waals surface area contributed by atoms with Gasteiger partial charge in [-0.15, -0.1) is 11.3 Å². The Bertz CT molecular complexity index is 877. The maximum atomic E-state index is 12.6. The van der Waals surface area contributed by atoms with E-state index in [0.29, 0.717) is 33.6 Å². The summed E-state index contributed by atoms with van der Waals surface area (Å²) in [5.41, 5.74) is 2.07. The lowest BCUT2D eigenvalue weighted by atomic mass is 10.1. The Morgan fingerprint density at radius 3 is 2.65 bits per heavy atom. The van der Waals surface area contributed by atoms with Crippen LogP contribution >= 0.6 is 11.3 Å². The average Bonchev–Trinajstić information content (AvgIpc) is 2.79. The van der Waals surface area contributed by atoms with Crippen LogP contribution in [0.2, 0.25) is 0 Å². The van der Waals surface area contributed by atoms with E-state index >= 15 is 0 Å². The van der Waals surface area contributed by atoms with Crippen molar-refractivity contribution in [2.24, 2.45) is 0 Å². The quantitative estimate of drug-likeness (QED) is 0.743. The number of aromatic nitrogens is 1. The molecule has 0 fully saturated rings. The number of benzene rings is 1.